The number of aliphatic hydroxyl groups is 1. The van der Waals surface area contributed by atoms with Crippen molar-refractivity contribution in [3.05, 3.63) is 22.6 Å². The average Bonchev–Trinajstić information content (AvgIpc) is 2.54. The molecule has 1 saturated heterocycles. The van der Waals surface area contributed by atoms with E-state index in [4.69, 9.17) is 21.9 Å². The SMILES string of the molecule is C=C1CCC([C@@]2(C)CC[C@H](Cl)C(C)(C)O2)[C@@H]2[C@@H]1CC[C@@](C)(O)[C@@H]2N=[N+]=[N-]. The quantitative estimate of drug-likeness (QED) is 0.229. The number of fused-ring (bicyclic) bond motifs is 1. The molecule has 0 bridgehead atoms. The monoisotopic (exact) mass is 381 g/mol. The van der Waals surface area contributed by atoms with Gasteiger partial charge in [0.2, 0.25) is 0 Å². The molecule has 1 N–H and O–H groups in total. The van der Waals surface area contributed by atoms with E-state index in [2.05, 4.69) is 37.4 Å². The molecule has 2 aliphatic carbocycles. The second-order valence-corrected chi connectivity index (χ2v) is 10.1. The Morgan fingerprint density at radius 1 is 1.23 bits per heavy atom. The summed E-state index contributed by atoms with van der Waals surface area (Å²) in [4.78, 5) is 3.09. The lowest BCUT2D eigenvalue weighted by molar-refractivity contribution is -0.211. The van der Waals surface area contributed by atoms with Crippen LogP contribution in [0.15, 0.2) is 17.3 Å². The summed E-state index contributed by atoms with van der Waals surface area (Å²) in [5.41, 5.74) is 8.67. The first-order valence-electron chi connectivity index (χ1n) is 9.80. The standard InChI is InChI=1S/C20H32ClN3O2/c1-12-6-7-14(20(5)11-9-15(21)18(2,3)26-20)16-13(12)8-10-19(4,25)17(16)23-24-22/h13-17,25H,1,6-11H2,2-5H3/t13-,14?,15+,16+,17-,19-,20-/m1/s1. The van der Waals surface area contributed by atoms with Crippen LogP contribution in [0.5, 0.6) is 0 Å². The molecule has 3 rings (SSSR count). The van der Waals surface area contributed by atoms with Crippen LogP contribution in [0.3, 0.4) is 0 Å². The number of hydrogen-bond acceptors (Lipinski definition) is 3. The predicted octanol–water partition coefficient (Wildman–Crippen LogP) is 5.36. The van der Waals surface area contributed by atoms with Gasteiger partial charge < -0.3 is 9.84 Å². The van der Waals surface area contributed by atoms with E-state index in [0.717, 1.165) is 32.1 Å². The van der Waals surface area contributed by atoms with Gasteiger partial charge in [-0.3, -0.25) is 0 Å². The molecule has 6 heteroatoms. The Hall–Kier alpha value is -0.740. The third kappa shape index (κ3) is 3.28. The molecule has 0 aromatic heterocycles. The maximum atomic E-state index is 11.0. The van der Waals surface area contributed by atoms with Crippen LogP contribution in [-0.2, 0) is 4.74 Å². The van der Waals surface area contributed by atoms with Crippen molar-refractivity contribution in [3.63, 3.8) is 0 Å². The molecule has 146 valence electrons. The van der Waals surface area contributed by atoms with Crippen LogP contribution in [-0.4, -0.2) is 33.3 Å². The summed E-state index contributed by atoms with van der Waals surface area (Å²) >= 11 is 6.51. The largest absolute Gasteiger partial charge is 0.390 e. The summed E-state index contributed by atoms with van der Waals surface area (Å²) in [6.07, 6.45) is 5.24. The van der Waals surface area contributed by atoms with Gasteiger partial charge in [-0.15, -0.1) is 11.6 Å². The van der Waals surface area contributed by atoms with Crippen LogP contribution < -0.4 is 0 Å². The van der Waals surface area contributed by atoms with Gasteiger partial charge in [-0.05, 0) is 89.5 Å². The highest BCUT2D eigenvalue weighted by Crippen LogP contribution is 2.56. The minimum atomic E-state index is -0.987. The van der Waals surface area contributed by atoms with Crippen molar-refractivity contribution >= 4 is 11.6 Å². The van der Waals surface area contributed by atoms with Gasteiger partial charge in [0, 0.05) is 4.91 Å². The number of halogens is 1. The Bertz CT molecular complexity index is 629. The summed E-state index contributed by atoms with van der Waals surface area (Å²) in [6.45, 7) is 12.4. The topological polar surface area (TPSA) is 78.2 Å². The molecule has 1 aliphatic heterocycles. The smallest absolute Gasteiger partial charge is 0.0796 e. The van der Waals surface area contributed by atoms with E-state index in [9.17, 15) is 5.11 Å². The third-order valence-corrected chi connectivity index (χ3v) is 8.04. The first-order chi connectivity index (χ1) is 12.0. The molecule has 2 saturated carbocycles. The van der Waals surface area contributed by atoms with E-state index in [1.807, 2.05) is 0 Å². The molecule has 3 fully saturated rings. The second kappa shape index (κ2) is 6.70. The van der Waals surface area contributed by atoms with Crippen molar-refractivity contribution < 1.29 is 9.84 Å². The number of allylic oxidation sites excluding steroid dienone is 1. The van der Waals surface area contributed by atoms with E-state index in [1.165, 1.54) is 5.57 Å². The van der Waals surface area contributed by atoms with Gasteiger partial charge >= 0.3 is 0 Å². The van der Waals surface area contributed by atoms with E-state index in [-0.39, 0.29) is 28.7 Å². The highest BCUT2D eigenvalue weighted by Gasteiger charge is 2.57. The van der Waals surface area contributed by atoms with E-state index >= 15 is 0 Å². The molecular formula is C20H32ClN3O2. The van der Waals surface area contributed by atoms with Crippen LogP contribution in [0.25, 0.3) is 10.4 Å². The zero-order valence-electron chi connectivity index (χ0n) is 16.4. The fraction of sp³-hybridized carbons (Fsp3) is 0.900. The molecule has 3 aliphatic rings. The molecule has 1 unspecified atom stereocenters. The van der Waals surface area contributed by atoms with Crippen molar-refractivity contribution in [2.75, 3.05) is 0 Å². The number of ether oxygens (including phenoxy) is 1. The molecule has 0 amide bonds. The lowest BCUT2D eigenvalue weighted by Crippen LogP contribution is -2.61. The molecule has 7 atom stereocenters. The molecule has 1 heterocycles. The Balaban J connectivity index is 2.00. The van der Waals surface area contributed by atoms with Crippen LogP contribution in [0, 0.1) is 17.8 Å². The molecule has 26 heavy (non-hydrogen) atoms. The molecule has 5 nitrogen and oxygen atoms in total. The number of alkyl halides is 1. The first kappa shape index (κ1) is 20.0. The van der Waals surface area contributed by atoms with Gasteiger partial charge in [-0.1, -0.05) is 17.3 Å². The summed E-state index contributed by atoms with van der Waals surface area (Å²) in [7, 11) is 0. The molecule has 0 aromatic carbocycles. The molecule has 0 radical (unpaired) electrons. The maximum absolute atomic E-state index is 11.0. The minimum absolute atomic E-state index is 0.00711. The Kier molecular flexibility index (Phi) is 5.16. The average molecular weight is 382 g/mol. The summed E-state index contributed by atoms with van der Waals surface area (Å²) in [5.74, 6) is 0.550. The summed E-state index contributed by atoms with van der Waals surface area (Å²) in [6, 6.07) is -0.453. The fourth-order valence-electron chi connectivity index (χ4n) is 5.83. The lowest BCUT2D eigenvalue weighted by Gasteiger charge is -2.58. The van der Waals surface area contributed by atoms with Crippen molar-refractivity contribution in [2.45, 2.75) is 94.4 Å². The zero-order valence-corrected chi connectivity index (χ0v) is 17.2. The first-order valence-corrected chi connectivity index (χ1v) is 10.2. The Morgan fingerprint density at radius 2 is 1.92 bits per heavy atom. The third-order valence-electron chi connectivity index (χ3n) is 7.30. The minimum Gasteiger partial charge on any atom is -0.390 e. The molecular weight excluding hydrogens is 350 g/mol. The summed E-state index contributed by atoms with van der Waals surface area (Å²) < 4.78 is 6.61. The number of rotatable bonds is 2. The molecule has 0 spiro atoms. The normalized spacial score (nSPS) is 48.4. The van der Waals surface area contributed by atoms with Crippen molar-refractivity contribution in [3.8, 4) is 0 Å². The van der Waals surface area contributed by atoms with E-state index in [0.29, 0.717) is 6.42 Å². The predicted molar refractivity (Wildman–Crippen MR) is 104 cm³/mol. The zero-order chi connectivity index (χ0) is 19.3. The van der Waals surface area contributed by atoms with Crippen LogP contribution in [0.2, 0.25) is 0 Å². The van der Waals surface area contributed by atoms with Gasteiger partial charge in [-0.25, -0.2) is 0 Å². The maximum Gasteiger partial charge on any atom is 0.0796 e. The lowest BCUT2D eigenvalue weighted by atomic mass is 9.54. The number of nitrogens with zero attached hydrogens (tertiary/aromatic N) is 3. The van der Waals surface area contributed by atoms with Gasteiger partial charge in [-0.2, -0.15) is 0 Å². The van der Waals surface area contributed by atoms with Gasteiger partial charge in [0.15, 0.2) is 0 Å². The Labute approximate surface area is 161 Å². The number of hydrogen-bond donors (Lipinski definition) is 1. The van der Waals surface area contributed by atoms with E-state index < -0.39 is 17.2 Å². The van der Waals surface area contributed by atoms with E-state index in [1.54, 1.807) is 6.92 Å². The van der Waals surface area contributed by atoms with Gasteiger partial charge in [0.05, 0.1) is 28.2 Å². The highest BCUT2D eigenvalue weighted by molar-refractivity contribution is 6.21. The second-order valence-electron chi connectivity index (χ2n) is 9.56. The van der Waals surface area contributed by atoms with Crippen molar-refractivity contribution in [1.82, 2.24) is 0 Å². The Morgan fingerprint density at radius 3 is 2.54 bits per heavy atom. The number of azide groups is 1. The summed E-state index contributed by atoms with van der Waals surface area (Å²) in [5, 5.41) is 15.1. The van der Waals surface area contributed by atoms with Crippen LogP contribution >= 0.6 is 11.6 Å². The van der Waals surface area contributed by atoms with Crippen LogP contribution in [0.1, 0.15) is 66.2 Å². The van der Waals surface area contributed by atoms with Gasteiger partial charge in [0.25, 0.3) is 0 Å². The van der Waals surface area contributed by atoms with Crippen molar-refractivity contribution in [2.24, 2.45) is 22.9 Å². The van der Waals surface area contributed by atoms with Gasteiger partial charge in [0.1, 0.15) is 0 Å². The fourth-order valence-corrected chi connectivity index (χ4v) is 5.98. The van der Waals surface area contributed by atoms with Crippen molar-refractivity contribution in [1.29, 1.82) is 0 Å². The molecule has 0 aromatic rings. The highest BCUT2D eigenvalue weighted by atomic mass is 35.5. The van der Waals surface area contributed by atoms with Crippen LogP contribution in [0.4, 0.5) is 0 Å².